The van der Waals surface area contributed by atoms with Gasteiger partial charge in [0.25, 0.3) is 0 Å². The SMILES string of the molecule is Br.CCN(CCO)CCBr. The van der Waals surface area contributed by atoms with Crippen molar-refractivity contribution in [3.8, 4) is 0 Å². The maximum Gasteiger partial charge on any atom is 0.0558 e. The number of aliphatic hydroxyl groups excluding tert-OH is 1. The van der Waals surface area contributed by atoms with Gasteiger partial charge >= 0.3 is 0 Å². The first-order valence-electron chi connectivity index (χ1n) is 3.24. The summed E-state index contributed by atoms with van der Waals surface area (Å²) in [4.78, 5) is 2.19. The molecule has 0 aromatic heterocycles. The highest BCUT2D eigenvalue weighted by atomic mass is 79.9. The lowest BCUT2D eigenvalue weighted by Gasteiger charge is -2.16. The van der Waals surface area contributed by atoms with Gasteiger partial charge in [-0.25, -0.2) is 0 Å². The van der Waals surface area contributed by atoms with Gasteiger partial charge in [0.2, 0.25) is 0 Å². The molecule has 0 amide bonds. The van der Waals surface area contributed by atoms with Crippen LogP contribution in [-0.4, -0.2) is 41.6 Å². The Kier molecular flexibility index (Phi) is 13.3. The van der Waals surface area contributed by atoms with Crippen molar-refractivity contribution < 1.29 is 5.11 Å². The van der Waals surface area contributed by atoms with E-state index in [1.807, 2.05) is 0 Å². The van der Waals surface area contributed by atoms with Crippen LogP contribution in [0.5, 0.6) is 0 Å². The largest absolute Gasteiger partial charge is 0.395 e. The maximum absolute atomic E-state index is 8.54. The highest BCUT2D eigenvalue weighted by Gasteiger charge is 1.97. The molecule has 0 aromatic rings. The summed E-state index contributed by atoms with van der Waals surface area (Å²) in [5.41, 5.74) is 0. The monoisotopic (exact) mass is 275 g/mol. The number of hydrogen-bond acceptors (Lipinski definition) is 2. The molecule has 10 heavy (non-hydrogen) atoms. The van der Waals surface area contributed by atoms with Crippen LogP contribution in [0.3, 0.4) is 0 Å². The minimum Gasteiger partial charge on any atom is -0.395 e. The highest BCUT2D eigenvalue weighted by molar-refractivity contribution is 9.09. The van der Waals surface area contributed by atoms with E-state index in [1.54, 1.807) is 0 Å². The fourth-order valence-corrected chi connectivity index (χ4v) is 1.19. The molecule has 0 atom stereocenters. The van der Waals surface area contributed by atoms with E-state index in [4.69, 9.17) is 5.11 Å². The molecule has 0 radical (unpaired) electrons. The molecule has 0 heterocycles. The Morgan fingerprint density at radius 2 is 2.00 bits per heavy atom. The molecule has 1 N–H and O–H groups in total. The Balaban J connectivity index is 0. The molecule has 0 bridgehead atoms. The van der Waals surface area contributed by atoms with Gasteiger partial charge in [-0.1, -0.05) is 22.9 Å². The van der Waals surface area contributed by atoms with Crippen LogP contribution in [0.25, 0.3) is 0 Å². The molecular formula is C6H15Br2NO. The summed E-state index contributed by atoms with van der Waals surface area (Å²) in [5.74, 6) is 0. The number of alkyl halides is 1. The van der Waals surface area contributed by atoms with Crippen molar-refractivity contribution in [2.75, 3.05) is 31.6 Å². The second-order valence-electron chi connectivity index (χ2n) is 1.85. The number of rotatable bonds is 5. The zero-order valence-corrected chi connectivity index (χ0v) is 9.52. The molecule has 0 unspecified atom stereocenters. The van der Waals surface area contributed by atoms with Gasteiger partial charge in [0.1, 0.15) is 0 Å². The third-order valence-electron chi connectivity index (χ3n) is 1.26. The van der Waals surface area contributed by atoms with Crippen molar-refractivity contribution in [3.63, 3.8) is 0 Å². The molecule has 2 nitrogen and oxygen atoms in total. The molecular weight excluding hydrogens is 262 g/mol. The first-order chi connectivity index (χ1) is 4.35. The summed E-state index contributed by atoms with van der Waals surface area (Å²) in [6.45, 7) is 5.20. The van der Waals surface area contributed by atoms with E-state index in [9.17, 15) is 0 Å². The van der Waals surface area contributed by atoms with Gasteiger partial charge in [-0.3, -0.25) is 0 Å². The molecule has 64 valence electrons. The molecule has 0 saturated carbocycles. The summed E-state index contributed by atoms with van der Waals surface area (Å²) in [5, 5.41) is 9.52. The summed E-state index contributed by atoms with van der Waals surface area (Å²) < 4.78 is 0. The minimum atomic E-state index is 0. The van der Waals surface area contributed by atoms with Crippen molar-refractivity contribution >= 4 is 32.9 Å². The van der Waals surface area contributed by atoms with E-state index in [0.717, 1.165) is 25.0 Å². The fourth-order valence-electron chi connectivity index (χ4n) is 0.689. The van der Waals surface area contributed by atoms with Crippen LogP contribution >= 0.6 is 32.9 Å². The summed E-state index contributed by atoms with van der Waals surface area (Å²) in [7, 11) is 0. The Hall–Kier alpha value is 0.880. The van der Waals surface area contributed by atoms with Crippen LogP contribution in [0.1, 0.15) is 6.92 Å². The third-order valence-corrected chi connectivity index (χ3v) is 1.62. The highest BCUT2D eigenvalue weighted by Crippen LogP contribution is 1.88. The molecule has 4 heteroatoms. The van der Waals surface area contributed by atoms with Crippen LogP contribution in [0.2, 0.25) is 0 Å². The smallest absolute Gasteiger partial charge is 0.0558 e. The second-order valence-corrected chi connectivity index (χ2v) is 2.64. The van der Waals surface area contributed by atoms with E-state index in [-0.39, 0.29) is 23.6 Å². The maximum atomic E-state index is 8.54. The Bertz CT molecular complexity index is 57.7. The van der Waals surface area contributed by atoms with Crippen molar-refractivity contribution in [2.24, 2.45) is 0 Å². The number of hydrogen-bond donors (Lipinski definition) is 1. The van der Waals surface area contributed by atoms with Crippen LogP contribution in [0.4, 0.5) is 0 Å². The molecule has 0 aliphatic heterocycles. The molecule has 0 rings (SSSR count). The zero-order chi connectivity index (χ0) is 7.11. The van der Waals surface area contributed by atoms with Crippen molar-refractivity contribution in [1.82, 2.24) is 4.90 Å². The van der Waals surface area contributed by atoms with E-state index < -0.39 is 0 Å². The quantitative estimate of drug-likeness (QED) is 0.765. The topological polar surface area (TPSA) is 23.5 Å². The standard InChI is InChI=1S/C6H14BrNO.BrH/c1-2-8(4-3-7)5-6-9;/h9H,2-6H2,1H3;1H. The summed E-state index contributed by atoms with van der Waals surface area (Å²) in [6, 6.07) is 0. The van der Waals surface area contributed by atoms with Crippen molar-refractivity contribution in [1.29, 1.82) is 0 Å². The van der Waals surface area contributed by atoms with Gasteiger partial charge in [0.15, 0.2) is 0 Å². The van der Waals surface area contributed by atoms with Gasteiger partial charge in [0.05, 0.1) is 6.61 Å². The van der Waals surface area contributed by atoms with E-state index in [2.05, 4.69) is 27.8 Å². The van der Waals surface area contributed by atoms with Crippen LogP contribution in [-0.2, 0) is 0 Å². The predicted molar refractivity (Wildman–Crippen MR) is 53.3 cm³/mol. The lowest BCUT2D eigenvalue weighted by molar-refractivity contribution is 0.209. The van der Waals surface area contributed by atoms with Gasteiger partial charge in [-0.15, -0.1) is 17.0 Å². The lowest BCUT2D eigenvalue weighted by Crippen LogP contribution is -2.28. The Morgan fingerprint density at radius 3 is 2.30 bits per heavy atom. The summed E-state index contributed by atoms with van der Waals surface area (Å²) in [6.07, 6.45) is 0. The molecule has 0 fully saturated rings. The van der Waals surface area contributed by atoms with Crippen LogP contribution < -0.4 is 0 Å². The van der Waals surface area contributed by atoms with Crippen molar-refractivity contribution in [3.05, 3.63) is 0 Å². The average Bonchev–Trinajstić information content (AvgIpc) is 1.88. The Morgan fingerprint density at radius 1 is 1.40 bits per heavy atom. The number of likely N-dealkylation sites (N-methyl/N-ethyl adjacent to an activating group) is 1. The fraction of sp³-hybridized carbons (Fsp3) is 1.00. The number of halogens is 2. The van der Waals surface area contributed by atoms with Gasteiger partial charge in [0, 0.05) is 18.4 Å². The Labute approximate surface area is 81.5 Å². The second kappa shape index (κ2) is 9.88. The van der Waals surface area contributed by atoms with Crippen LogP contribution in [0.15, 0.2) is 0 Å². The zero-order valence-electron chi connectivity index (χ0n) is 6.22. The van der Waals surface area contributed by atoms with Gasteiger partial charge < -0.3 is 10.0 Å². The molecule has 0 aliphatic rings. The van der Waals surface area contributed by atoms with E-state index >= 15 is 0 Å². The van der Waals surface area contributed by atoms with Crippen LogP contribution in [0, 0.1) is 0 Å². The first-order valence-corrected chi connectivity index (χ1v) is 4.36. The van der Waals surface area contributed by atoms with Gasteiger partial charge in [-0.05, 0) is 6.54 Å². The lowest BCUT2D eigenvalue weighted by atomic mass is 10.5. The minimum absolute atomic E-state index is 0. The average molecular weight is 277 g/mol. The van der Waals surface area contributed by atoms with Gasteiger partial charge in [-0.2, -0.15) is 0 Å². The van der Waals surface area contributed by atoms with E-state index in [0.29, 0.717) is 0 Å². The number of aliphatic hydroxyl groups is 1. The molecule has 0 aliphatic carbocycles. The molecule has 0 aromatic carbocycles. The number of nitrogens with zero attached hydrogens (tertiary/aromatic N) is 1. The molecule has 0 saturated heterocycles. The predicted octanol–water partition coefficient (Wildman–Crippen LogP) is 1.27. The third kappa shape index (κ3) is 6.99. The van der Waals surface area contributed by atoms with E-state index in [1.165, 1.54) is 0 Å². The normalized spacial score (nSPS) is 9.60. The van der Waals surface area contributed by atoms with Crippen molar-refractivity contribution in [2.45, 2.75) is 6.92 Å². The summed E-state index contributed by atoms with van der Waals surface area (Å²) >= 11 is 3.34. The first kappa shape index (κ1) is 13.5. The molecule has 0 spiro atoms.